The molecule has 0 aliphatic carbocycles. The van der Waals surface area contributed by atoms with E-state index < -0.39 is 6.09 Å². The lowest BCUT2D eigenvalue weighted by atomic mass is 10.2. The van der Waals surface area contributed by atoms with Crippen molar-refractivity contribution in [3.05, 3.63) is 0 Å². The molecule has 6 nitrogen and oxygen atoms in total. The van der Waals surface area contributed by atoms with E-state index in [1.165, 1.54) is 4.90 Å². The van der Waals surface area contributed by atoms with Gasteiger partial charge in [0.25, 0.3) is 0 Å². The summed E-state index contributed by atoms with van der Waals surface area (Å²) in [4.78, 5) is 14.6. The summed E-state index contributed by atoms with van der Waals surface area (Å²) in [6.45, 7) is 6.41. The zero-order valence-corrected chi connectivity index (χ0v) is 9.39. The molecule has 0 aromatic carbocycles. The van der Waals surface area contributed by atoms with Crippen molar-refractivity contribution in [2.24, 2.45) is 0 Å². The zero-order valence-electron chi connectivity index (χ0n) is 9.39. The van der Waals surface area contributed by atoms with E-state index in [4.69, 9.17) is 9.84 Å². The number of nitrogens with one attached hydrogen (secondary N) is 1. The number of hydrogen-bond acceptors (Lipinski definition) is 4. The summed E-state index contributed by atoms with van der Waals surface area (Å²) in [7, 11) is 0. The van der Waals surface area contributed by atoms with Crippen molar-refractivity contribution >= 4 is 6.09 Å². The normalized spacial score (nSPS) is 28.0. The maximum absolute atomic E-state index is 10.8. The van der Waals surface area contributed by atoms with Crippen LogP contribution in [0.25, 0.3) is 0 Å². The van der Waals surface area contributed by atoms with Crippen molar-refractivity contribution in [2.45, 2.75) is 6.10 Å². The number of amides is 1. The van der Waals surface area contributed by atoms with E-state index >= 15 is 0 Å². The Morgan fingerprint density at radius 3 is 2.81 bits per heavy atom. The van der Waals surface area contributed by atoms with Crippen LogP contribution in [0.1, 0.15) is 0 Å². The summed E-state index contributed by atoms with van der Waals surface area (Å²) < 4.78 is 5.59. The molecule has 1 atom stereocenters. The molecule has 2 aliphatic rings. The Hall–Kier alpha value is -0.850. The first kappa shape index (κ1) is 11.6. The minimum absolute atomic E-state index is 0.0305. The summed E-state index contributed by atoms with van der Waals surface area (Å²) in [5, 5.41) is 12.2. The van der Waals surface area contributed by atoms with Gasteiger partial charge in [0.05, 0.1) is 19.3 Å². The molecular formula is C10H19N3O3. The van der Waals surface area contributed by atoms with Gasteiger partial charge in [-0.3, -0.25) is 4.90 Å². The zero-order chi connectivity index (χ0) is 11.4. The second kappa shape index (κ2) is 5.47. The molecule has 2 heterocycles. The lowest BCUT2D eigenvalue weighted by Gasteiger charge is -2.35. The lowest BCUT2D eigenvalue weighted by molar-refractivity contribution is -0.0378. The summed E-state index contributed by atoms with van der Waals surface area (Å²) in [5.41, 5.74) is 0. The van der Waals surface area contributed by atoms with Crippen molar-refractivity contribution in [3.8, 4) is 0 Å². The molecule has 2 fully saturated rings. The Morgan fingerprint density at radius 1 is 1.38 bits per heavy atom. The molecule has 16 heavy (non-hydrogen) atoms. The molecule has 0 unspecified atom stereocenters. The van der Waals surface area contributed by atoms with Gasteiger partial charge in [0, 0.05) is 39.3 Å². The maximum atomic E-state index is 10.8. The standard InChI is InChI=1S/C10H19N3O3/c14-10(15)13-5-6-16-9(8-13)7-12-3-1-11-2-4-12/h9,11H,1-8H2,(H,14,15)/t9-/m0/s1. The lowest BCUT2D eigenvalue weighted by Crippen LogP contribution is -2.52. The monoisotopic (exact) mass is 229 g/mol. The third-order valence-electron chi connectivity index (χ3n) is 3.08. The average Bonchev–Trinajstić information content (AvgIpc) is 2.30. The molecule has 2 aliphatic heterocycles. The van der Waals surface area contributed by atoms with E-state index in [1.807, 2.05) is 0 Å². The molecule has 0 spiro atoms. The smallest absolute Gasteiger partial charge is 0.407 e. The maximum Gasteiger partial charge on any atom is 0.407 e. The minimum Gasteiger partial charge on any atom is -0.465 e. The number of carboxylic acid groups (broad SMARTS) is 1. The van der Waals surface area contributed by atoms with E-state index in [9.17, 15) is 4.79 Å². The van der Waals surface area contributed by atoms with E-state index in [0.29, 0.717) is 19.7 Å². The minimum atomic E-state index is -0.839. The van der Waals surface area contributed by atoms with Crippen molar-refractivity contribution in [3.63, 3.8) is 0 Å². The first-order valence-corrected chi connectivity index (χ1v) is 5.78. The fourth-order valence-corrected chi connectivity index (χ4v) is 2.19. The number of piperazine rings is 1. The number of rotatable bonds is 2. The fourth-order valence-electron chi connectivity index (χ4n) is 2.19. The van der Waals surface area contributed by atoms with Crippen LogP contribution in [0.5, 0.6) is 0 Å². The van der Waals surface area contributed by atoms with Gasteiger partial charge < -0.3 is 20.1 Å². The van der Waals surface area contributed by atoms with Gasteiger partial charge in [-0.1, -0.05) is 0 Å². The number of hydrogen-bond donors (Lipinski definition) is 2. The second-order valence-electron chi connectivity index (χ2n) is 4.27. The first-order chi connectivity index (χ1) is 7.75. The number of carbonyl (C=O) groups is 1. The van der Waals surface area contributed by atoms with Crippen LogP contribution in [0.3, 0.4) is 0 Å². The van der Waals surface area contributed by atoms with Crippen molar-refractivity contribution < 1.29 is 14.6 Å². The third kappa shape index (κ3) is 3.07. The van der Waals surface area contributed by atoms with Gasteiger partial charge in [-0.05, 0) is 0 Å². The van der Waals surface area contributed by atoms with Crippen LogP contribution in [0.15, 0.2) is 0 Å². The van der Waals surface area contributed by atoms with Gasteiger partial charge in [0.1, 0.15) is 0 Å². The van der Waals surface area contributed by atoms with Crippen LogP contribution in [0.2, 0.25) is 0 Å². The molecule has 0 bridgehead atoms. The van der Waals surface area contributed by atoms with E-state index in [2.05, 4.69) is 10.2 Å². The molecule has 0 aromatic heterocycles. The molecule has 0 radical (unpaired) electrons. The van der Waals surface area contributed by atoms with E-state index in [0.717, 1.165) is 32.7 Å². The van der Waals surface area contributed by atoms with Crippen molar-refractivity contribution in [1.82, 2.24) is 15.1 Å². The average molecular weight is 229 g/mol. The molecule has 1 amide bonds. The quantitative estimate of drug-likeness (QED) is 0.653. The summed E-state index contributed by atoms with van der Waals surface area (Å²) in [6, 6.07) is 0. The van der Waals surface area contributed by atoms with E-state index in [1.54, 1.807) is 0 Å². The highest BCUT2D eigenvalue weighted by molar-refractivity contribution is 5.65. The fraction of sp³-hybridized carbons (Fsp3) is 0.900. The van der Waals surface area contributed by atoms with Crippen LogP contribution in [0.4, 0.5) is 4.79 Å². The summed E-state index contributed by atoms with van der Waals surface area (Å²) >= 11 is 0. The van der Waals surface area contributed by atoms with Gasteiger partial charge in [-0.25, -0.2) is 4.79 Å². The predicted molar refractivity (Wildman–Crippen MR) is 58.6 cm³/mol. The summed E-state index contributed by atoms with van der Waals surface area (Å²) in [6.07, 6.45) is -0.809. The largest absolute Gasteiger partial charge is 0.465 e. The van der Waals surface area contributed by atoms with Gasteiger partial charge >= 0.3 is 6.09 Å². The third-order valence-corrected chi connectivity index (χ3v) is 3.08. The SMILES string of the molecule is O=C(O)N1CCO[C@@H](CN2CCNCC2)C1. The van der Waals surface area contributed by atoms with Gasteiger partial charge in [-0.15, -0.1) is 0 Å². The molecule has 92 valence electrons. The Bertz CT molecular complexity index is 243. The van der Waals surface area contributed by atoms with Gasteiger partial charge in [0.2, 0.25) is 0 Å². The topological polar surface area (TPSA) is 65.0 Å². The number of morpholine rings is 1. The number of ether oxygens (including phenoxy) is 1. The molecule has 2 N–H and O–H groups in total. The Labute approximate surface area is 95.2 Å². The van der Waals surface area contributed by atoms with E-state index in [-0.39, 0.29) is 6.10 Å². The van der Waals surface area contributed by atoms with Crippen molar-refractivity contribution in [2.75, 3.05) is 52.4 Å². The highest BCUT2D eigenvalue weighted by atomic mass is 16.5. The first-order valence-electron chi connectivity index (χ1n) is 5.78. The van der Waals surface area contributed by atoms with Crippen LogP contribution < -0.4 is 5.32 Å². The van der Waals surface area contributed by atoms with Gasteiger partial charge in [0.15, 0.2) is 0 Å². The Kier molecular flexibility index (Phi) is 3.98. The predicted octanol–water partition coefficient (Wildman–Crippen LogP) is -0.730. The Balaban J connectivity index is 1.78. The molecule has 0 saturated carbocycles. The van der Waals surface area contributed by atoms with Crippen LogP contribution in [-0.2, 0) is 4.74 Å². The van der Waals surface area contributed by atoms with Gasteiger partial charge in [-0.2, -0.15) is 0 Å². The second-order valence-corrected chi connectivity index (χ2v) is 4.27. The van der Waals surface area contributed by atoms with Crippen molar-refractivity contribution in [1.29, 1.82) is 0 Å². The summed E-state index contributed by atoms with van der Waals surface area (Å²) in [5.74, 6) is 0. The van der Waals surface area contributed by atoms with Crippen LogP contribution in [-0.4, -0.2) is 79.5 Å². The Morgan fingerprint density at radius 2 is 2.12 bits per heavy atom. The molecule has 0 aromatic rings. The molecular weight excluding hydrogens is 210 g/mol. The molecule has 6 heteroatoms. The molecule has 2 rings (SSSR count). The van der Waals surface area contributed by atoms with Crippen LogP contribution >= 0.6 is 0 Å². The van der Waals surface area contributed by atoms with Crippen LogP contribution in [0, 0.1) is 0 Å². The highest BCUT2D eigenvalue weighted by Crippen LogP contribution is 2.07. The number of nitrogens with zero attached hydrogens (tertiary/aromatic N) is 2. The molecule has 2 saturated heterocycles. The highest BCUT2D eigenvalue weighted by Gasteiger charge is 2.25.